The third kappa shape index (κ3) is 6.22. The molecule has 3 N–H and O–H groups in total. The molecule has 28 heavy (non-hydrogen) atoms. The quantitative estimate of drug-likeness (QED) is 0.423. The molecule has 7 nitrogen and oxygen atoms in total. The molecule has 0 radical (unpaired) electrons. The molecule has 0 fully saturated rings. The Morgan fingerprint density at radius 3 is 2.07 bits per heavy atom. The molecular formula is C20H22IN3O4. The summed E-state index contributed by atoms with van der Waals surface area (Å²) in [4.78, 5) is 36.1. The predicted molar refractivity (Wildman–Crippen MR) is 115 cm³/mol. The molecule has 0 heterocycles. The van der Waals surface area contributed by atoms with Gasteiger partial charge in [-0.3, -0.25) is 25.2 Å². The largest absolute Gasteiger partial charge is 0.496 e. The number of hydrogen-bond donors (Lipinski definition) is 3. The number of carbonyl (C=O) groups excluding carboxylic acids is 3. The van der Waals surface area contributed by atoms with Crippen molar-refractivity contribution in [2.45, 2.75) is 20.3 Å². The van der Waals surface area contributed by atoms with Gasteiger partial charge in [0, 0.05) is 23.2 Å². The highest BCUT2D eigenvalue weighted by Crippen LogP contribution is 2.21. The van der Waals surface area contributed by atoms with Gasteiger partial charge in [-0.1, -0.05) is 13.8 Å². The minimum Gasteiger partial charge on any atom is -0.496 e. The van der Waals surface area contributed by atoms with Gasteiger partial charge in [0.1, 0.15) is 5.75 Å². The molecule has 0 bridgehead atoms. The van der Waals surface area contributed by atoms with Crippen LogP contribution in [0.25, 0.3) is 0 Å². The number of rotatable bonds is 6. The molecule has 0 aliphatic rings. The molecule has 2 aromatic rings. The van der Waals surface area contributed by atoms with Crippen molar-refractivity contribution in [3.63, 3.8) is 0 Å². The van der Waals surface area contributed by atoms with E-state index in [4.69, 9.17) is 4.74 Å². The standard InChI is InChI=1S/C20H22IN3O4/c1-12(2)10-18(25)22-15-7-4-13(5-8-15)19(26)23-24-20(27)14-6-9-17(28-3)16(21)11-14/h4-9,11-12H,10H2,1-3H3,(H,22,25)(H,23,26)(H,24,27). The lowest BCUT2D eigenvalue weighted by Crippen LogP contribution is -2.41. The average Bonchev–Trinajstić information content (AvgIpc) is 2.65. The van der Waals surface area contributed by atoms with E-state index in [2.05, 4.69) is 38.8 Å². The Kier molecular flexibility index (Phi) is 7.80. The summed E-state index contributed by atoms with van der Waals surface area (Å²) in [7, 11) is 1.55. The molecular weight excluding hydrogens is 473 g/mol. The number of amides is 3. The van der Waals surface area contributed by atoms with Crippen LogP contribution in [0.1, 0.15) is 41.0 Å². The smallest absolute Gasteiger partial charge is 0.269 e. The Hall–Kier alpha value is -2.62. The summed E-state index contributed by atoms with van der Waals surface area (Å²) >= 11 is 2.07. The van der Waals surface area contributed by atoms with E-state index in [1.54, 1.807) is 49.6 Å². The summed E-state index contributed by atoms with van der Waals surface area (Å²) in [6.45, 7) is 3.93. The zero-order valence-electron chi connectivity index (χ0n) is 15.8. The highest BCUT2D eigenvalue weighted by Gasteiger charge is 2.12. The third-order valence-electron chi connectivity index (χ3n) is 3.73. The number of hydrogen-bond acceptors (Lipinski definition) is 4. The van der Waals surface area contributed by atoms with Gasteiger partial charge >= 0.3 is 0 Å². The van der Waals surface area contributed by atoms with Crippen LogP contribution in [0.3, 0.4) is 0 Å². The average molecular weight is 495 g/mol. The van der Waals surface area contributed by atoms with Gasteiger partial charge in [-0.25, -0.2) is 0 Å². The maximum absolute atomic E-state index is 12.2. The number of halogens is 1. The van der Waals surface area contributed by atoms with Crippen LogP contribution in [0.4, 0.5) is 5.69 Å². The first-order chi connectivity index (χ1) is 13.3. The molecule has 0 aliphatic carbocycles. The van der Waals surface area contributed by atoms with E-state index in [1.807, 2.05) is 13.8 Å². The van der Waals surface area contributed by atoms with Crippen LogP contribution in [0, 0.1) is 9.49 Å². The van der Waals surface area contributed by atoms with E-state index >= 15 is 0 Å². The topological polar surface area (TPSA) is 96.5 Å². The summed E-state index contributed by atoms with van der Waals surface area (Å²) in [6.07, 6.45) is 0.429. The monoisotopic (exact) mass is 495 g/mol. The second-order valence-electron chi connectivity index (χ2n) is 6.48. The van der Waals surface area contributed by atoms with Crippen molar-refractivity contribution >= 4 is 46.0 Å². The van der Waals surface area contributed by atoms with Crippen LogP contribution in [-0.2, 0) is 4.79 Å². The molecule has 2 rings (SSSR count). The van der Waals surface area contributed by atoms with Gasteiger partial charge in [-0.15, -0.1) is 0 Å². The third-order valence-corrected chi connectivity index (χ3v) is 4.57. The number of nitrogens with one attached hydrogen (secondary N) is 3. The van der Waals surface area contributed by atoms with Crippen molar-refractivity contribution in [2.75, 3.05) is 12.4 Å². The zero-order valence-corrected chi connectivity index (χ0v) is 18.0. The van der Waals surface area contributed by atoms with Crippen LogP contribution in [-0.4, -0.2) is 24.8 Å². The Labute approximate surface area is 177 Å². The fourth-order valence-corrected chi connectivity index (χ4v) is 3.09. The SMILES string of the molecule is COc1ccc(C(=O)NNC(=O)c2ccc(NC(=O)CC(C)C)cc2)cc1I. The van der Waals surface area contributed by atoms with E-state index in [1.165, 1.54) is 0 Å². The molecule has 8 heteroatoms. The van der Waals surface area contributed by atoms with Crippen molar-refractivity contribution in [3.8, 4) is 5.75 Å². The molecule has 2 aromatic carbocycles. The maximum Gasteiger partial charge on any atom is 0.269 e. The minimum atomic E-state index is -0.461. The number of methoxy groups -OCH3 is 1. The number of benzene rings is 2. The van der Waals surface area contributed by atoms with E-state index in [9.17, 15) is 14.4 Å². The van der Waals surface area contributed by atoms with Gasteiger partial charge in [0.15, 0.2) is 0 Å². The lowest BCUT2D eigenvalue weighted by molar-refractivity contribution is -0.116. The molecule has 148 valence electrons. The molecule has 3 amide bonds. The highest BCUT2D eigenvalue weighted by molar-refractivity contribution is 14.1. The Morgan fingerprint density at radius 1 is 0.964 bits per heavy atom. The maximum atomic E-state index is 12.2. The van der Waals surface area contributed by atoms with Gasteiger partial charge in [0.2, 0.25) is 5.91 Å². The summed E-state index contributed by atoms with van der Waals surface area (Å²) in [5.74, 6) is -0.0406. The van der Waals surface area contributed by atoms with E-state index in [-0.39, 0.29) is 11.8 Å². The molecule has 0 spiro atoms. The van der Waals surface area contributed by atoms with Crippen molar-refractivity contribution < 1.29 is 19.1 Å². The molecule has 0 saturated heterocycles. The van der Waals surface area contributed by atoms with Gasteiger partial charge in [-0.2, -0.15) is 0 Å². The zero-order chi connectivity index (χ0) is 20.7. The summed E-state index contributed by atoms with van der Waals surface area (Å²) in [5, 5.41) is 2.77. The Balaban J connectivity index is 1.91. The van der Waals surface area contributed by atoms with Gasteiger partial charge in [0.25, 0.3) is 11.8 Å². The number of carbonyl (C=O) groups is 3. The highest BCUT2D eigenvalue weighted by atomic mass is 127. The van der Waals surface area contributed by atoms with Crippen LogP contribution in [0.2, 0.25) is 0 Å². The van der Waals surface area contributed by atoms with Gasteiger partial charge < -0.3 is 10.1 Å². The van der Waals surface area contributed by atoms with Crippen molar-refractivity contribution in [1.82, 2.24) is 10.9 Å². The summed E-state index contributed by atoms with van der Waals surface area (Å²) in [5.41, 5.74) is 6.11. The van der Waals surface area contributed by atoms with E-state index < -0.39 is 11.8 Å². The van der Waals surface area contributed by atoms with Crippen LogP contribution >= 0.6 is 22.6 Å². The van der Waals surface area contributed by atoms with Crippen molar-refractivity contribution in [3.05, 3.63) is 57.2 Å². The van der Waals surface area contributed by atoms with Crippen LogP contribution in [0.15, 0.2) is 42.5 Å². The molecule has 0 aliphatic heterocycles. The summed E-state index contributed by atoms with van der Waals surface area (Å²) in [6, 6.07) is 11.4. The molecule has 0 atom stereocenters. The predicted octanol–water partition coefficient (Wildman–Crippen LogP) is 3.36. The fraction of sp³-hybridized carbons (Fsp3) is 0.250. The lowest BCUT2D eigenvalue weighted by atomic mass is 10.1. The van der Waals surface area contributed by atoms with Crippen LogP contribution in [0.5, 0.6) is 5.75 Å². The Bertz CT molecular complexity index is 866. The number of anilines is 1. The van der Waals surface area contributed by atoms with Gasteiger partial charge in [0.05, 0.1) is 10.7 Å². The fourth-order valence-electron chi connectivity index (χ4n) is 2.35. The first kappa shape index (κ1) is 21.7. The van der Waals surface area contributed by atoms with Crippen LogP contribution < -0.4 is 20.9 Å². The molecule has 0 aromatic heterocycles. The van der Waals surface area contributed by atoms with Crippen molar-refractivity contribution in [2.24, 2.45) is 5.92 Å². The first-order valence-electron chi connectivity index (χ1n) is 8.64. The van der Waals surface area contributed by atoms with Crippen molar-refractivity contribution in [1.29, 1.82) is 0 Å². The molecule has 0 unspecified atom stereocenters. The first-order valence-corrected chi connectivity index (χ1v) is 9.72. The lowest BCUT2D eigenvalue weighted by Gasteiger charge is -2.10. The second kappa shape index (κ2) is 10.1. The second-order valence-corrected chi connectivity index (χ2v) is 7.64. The summed E-state index contributed by atoms with van der Waals surface area (Å²) < 4.78 is 5.94. The normalized spacial score (nSPS) is 10.3. The minimum absolute atomic E-state index is 0.0754. The van der Waals surface area contributed by atoms with E-state index in [0.29, 0.717) is 29.0 Å². The van der Waals surface area contributed by atoms with Gasteiger partial charge in [-0.05, 0) is 71.0 Å². The van der Waals surface area contributed by atoms with E-state index in [0.717, 1.165) is 3.57 Å². The number of hydrazine groups is 1. The Morgan fingerprint density at radius 2 is 1.54 bits per heavy atom. The number of ether oxygens (including phenoxy) is 1. The molecule has 0 saturated carbocycles.